The summed E-state index contributed by atoms with van der Waals surface area (Å²) in [5.41, 5.74) is 1.73. The zero-order chi connectivity index (χ0) is 16.8. The number of hydrogen-bond donors (Lipinski definition) is 0. The largest absolute Gasteiger partial charge is 0.334 e. The van der Waals surface area contributed by atoms with Crippen molar-refractivity contribution < 1.29 is 14.4 Å². The van der Waals surface area contributed by atoms with Gasteiger partial charge < -0.3 is 14.7 Å². The van der Waals surface area contributed by atoms with Crippen molar-refractivity contribution in [2.24, 2.45) is 0 Å². The number of aryl methyl sites for hydroxylation is 1. The van der Waals surface area contributed by atoms with Gasteiger partial charge in [-0.2, -0.15) is 0 Å². The summed E-state index contributed by atoms with van der Waals surface area (Å²) < 4.78 is 0. The van der Waals surface area contributed by atoms with Crippen molar-refractivity contribution in [1.82, 2.24) is 14.7 Å². The van der Waals surface area contributed by atoms with Crippen molar-refractivity contribution in [1.29, 1.82) is 0 Å². The SMILES string of the molecule is Cc1ccc(C(=O)N2CCN3C(=O)[C@H]4CCCN4C(=O)[C@H]3C2)cc1. The molecule has 0 aromatic heterocycles. The minimum Gasteiger partial charge on any atom is -0.334 e. The number of rotatable bonds is 1. The first-order chi connectivity index (χ1) is 11.6. The van der Waals surface area contributed by atoms with Crippen molar-refractivity contribution >= 4 is 17.7 Å². The number of hydrogen-bond acceptors (Lipinski definition) is 3. The molecule has 3 amide bonds. The molecule has 4 rings (SSSR count). The zero-order valence-corrected chi connectivity index (χ0v) is 13.8. The quantitative estimate of drug-likeness (QED) is 0.761. The lowest BCUT2D eigenvalue weighted by molar-refractivity contribution is -0.162. The summed E-state index contributed by atoms with van der Waals surface area (Å²) >= 11 is 0. The van der Waals surface area contributed by atoms with E-state index in [1.54, 1.807) is 14.7 Å². The summed E-state index contributed by atoms with van der Waals surface area (Å²) in [6.07, 6.45) is 1.65. The van der Waals surface area contributed by atoms with Crippen molar-refractivity contribution in [3.05, 3.63) is 35.4 Å². The molecule has 126 valence electrons. The van der Waals surface area contributed by atoms with E-state index in [-0.39, 0.29) is 23.8 Å². The van der Waals surface area contributed by atoms with Crippen LogP contribution in [0.2, 0.25) is 0 Å². The van der Waals surface area contributed by atoms with Gasteiger partial charge in [0, 0.05) is 25.2 Å². The van der Waals surface area contributed by atoms with Crippen molar-refractivity contribution in [2.75, 3.05) is 26.2 Å². The first kappa shape index (κ1) is 15.2. The molecule has 0 radical (unpaired) electrons. The van der Waals surface area contributed by atoms with Crippen molar-refractivity contribution in [3.63, 3.8) is 0 Å². The second kappa shape index (κ2) is 5.61. The first-order valence-electron chi connectivity index (χ1n) is 8.53. The highest BCUT2D eigenvalue weighted by molar-refractivity contribution is 5.99. The van der Waals surface area contributed by atoms with E-state index < -0.39 is 6.04 Å². The first-order valence-corrected chi connectivity index (χ1v) is 8.53. The number of piperazine rings is 2. The Balaban J connectivity index is 1.54. The van der Waals surface area contributed by atoms with E-state index in [4.69, 9.17) is 0 Å². The average molecular weight is 327 g/mol. The predicted molar refractivity (Wildman–Crippen MR) is 87.3 cm³/mol. The molecule has 6 nitrogen and oxygen atoms in total. The maximum Gasteiger partial charge on any atom is 0.253 e. The van der Waals surface area contributed by atoms with Crippen LogP contribution in [0.15, 0.2) is 24.3 Å². The molecule has 0 N–H and O–H groups in total. The Morgan fingerprint density at radius 1 is 0.958 bits per heavy atom. The minimum atomic E-state index is -0.519. The van der Waals surface area contributed by atoms with Gasteiger partial charge in [0.1, 0.15) is 12.1 Å². The zero-order valence-electron chi connectivity index (χ0n) is 13.8. The molecule has 0 aliphatic carbocycles. The maximum atomic E-state index is 12.7. The number of fused-ring (bicyclic) bond motifs is 2. The van der Waals surface area contributed by atoms with E-state index in [2.05, 4.69) is 0 Å². The van der Waals surface area contributed by atoms with Crippen LogP contribution in [-0.2, 0) is 9.59 Å². The molecule has 24 heavy (non-hydrogen) atoms. The molecule has 6 heteroatoms. The molecule has 3 fully saturated rings. The van der Waals surface area contributed by atoms with Crippen LogP contribution in [-0.4, -0.2) is 70.7 Å². The molecule has 0 unspecified atom stereocenters. The predicted octanol–water partition coefficient (Wildman–Crippen LogP) is 0.653. The van der Waals surface area contributed by atoms with E-state index >= 15 is 0 Å². The van der Waals surface area contributed by atoms with Gasteiger partial charge >= 0.3 is 0 Å². The third kappa shape index (κ3) is 2.28. The Bertz CT molecular complexity index is 700. The van der Waals surface area contributed by atoms with E-state index in [9.17, 15) is 14.4 Å². The molecule has 3 aliphatic rings. The van der Waals surface area contributed by atoms with E-state index in [1.807, 2.05) is 31.2 Å². The van der Waals surface area contributed by atoms with E-state index in [1.165, 1.54) is 0 Å². The van der Waals surface area contributed by atoms with Crippen LogP contribution in [0.25, 0.3) is 0 Å². The summed E-state index contributed by atoms with van der Waals surface area (Å²) in [6.45, 7) is 3.85. The van der Waals surface area contributed by atoms with E-state index in [0.29, 0.717) is 31.7 Å². The Morgan fingerprint density at radius 3 is 2.38 bits per heavy atom. The Morgan fingerprint density at radius 2 is 1.62 bits per heavy atom. The van der Waals surface area contributed by atoms with Gasteiger partial charge in [-0.15, -0.1) is 0 Å². The maximum absolute atomic E-state index is 12.7. The van der Waals surface area contributed by atoms with Crippen LogP contribution < -0.4 is 0 Å². The molecule has 3 heterocycles. The van der Waals surface area contributed by atoms with Gasteiger partial charge in [0.25, 0.3) is 5.91 Å². The van der Waals surface area contributed by atoms with Gasteiger partial charge in [-0.25, -0.2) is 0 Å². The van der Waals surface area contributed by atoms with Crippen LogP contribution in [0, 0.1) is 6.92 Å². The highest BCUT2D eigenvalue weighted by atomic mass is 16.2. The smallest absolute Gasteiger partial charge is 0.253 e. The summed E-state index contributed by atoms with van der Waals surface area (Å²) in [6, 6.07) is 6.66. The molecule has 0 spiro atoms. The molecular formula is C18H21N3O3. The molecule has 2 atom stereocenters. The molecular weight excluding hydrogens is 306 g/mol. The number of benzene rings is 1. The highest BCUT2D eigenvalue weighted by Crippen LogP contribution is 2.29. The van der Waals surface area contributed by atoms with Crippen molar-refractivity contribution in [3.8, 4) is 0 Å². The lowest BCUT2D eigenvalue weighted by Gasteiger charge is -2.47. The van der Waals surface area contributed by atoms with Crippen LogP contribution >= 0.6 is 0 Å². The Hall–Kier alpha value is -2.37. The lowest BCUT2D eigenvalue weighted by Crippen LogP contribution is -2.69. The van der Waals surface area contributed by atoms with Gasteiger partial charge in [-0.05, 0) is 31.9 Å². The summed E-state index contributed by atoms with van der Waals surface area (Å²) in [4.78, 5) is 43.1. The number of carbonyl (C=O) groups is 3. The van der Waals surface area contributed by atoms with Crippen LogP contribution in [0.1, 0.15) is 28.8 Å². The fraction of sp³-hybridized carbons (Fsp3) is 0.500. The molecule has 1 aromatic carbocycles. The lowest BCUT2D eigenvalue weighted by atomic mass is 10.0. The average Bonchev–Trinajstić information content (AvgIpc) is 3.09. The fourth-order valence-electron chi connectivity index (χ4n) is 3.99. The van der Waals surface area contributed by atoms with Gasteiger partial charge in [-0.1, -0.05) is 17.7 Å². The van der Waals surface area contributed by atoms with Crippen LogP contribution in [0.5, 0.6) is 0 Å². The van der Waals surface area contributed by atoms with Crippen LogP contribution in [0.4, 0.5) is 0 Å². The Kier molecular flexibility index (Phi) is 3.55. The molecule has 1 aromatic rings. The number of carbonyl (C=O) groups excluding carboxylic acids is 3. The fourth-order valence-corrected chi connectivity index (χ4v) is 3.99. The molecule has 0 bridgehead atoms. The summed E-state index contributed by atoms with van der Waals surface area (Å²) in [5.74, 6) is -0.0171. The topological polar surface area (TPSA) is 60.9 Å². The Labute approximate surface area is 141 Å². The van der Waals surface area contributed by atoms with Gasteiger partial charge in [0.05, 0.1) is 6.54 Å². The van der Waals surface area contributed by atoms with Crippen LogP contribution in [0.3, 0.4) is 0 Å². The second-order valence-electron chi connectivity index (χ2n) is 6.85. The van der Waals surface area contributed by atoms with Crippen molar-refractivity contribution in [2.45, 2.75) is 31.8 Å². The van der Waals surface area contributed by atoms with Gasteiger partial charge in [0.2, 0.25) is 11.8 Å². The highest BCUT2D eigenvalue weighted by Gasteiger charge is 2.49. The third-order valence-electron chi connectivity index (χ3n) is 5.36. The van der Waals surface area contributed by atoms with E-state index in [0.717, 1.165) is 18.4 Å². The summed E-state index contributed by atoms with van der Waals surface area (Å²) in [5, 5.41) is 0. The summed E-state index contributed by atoms with van der Waals surface area (Å²) in [7, 11) is 0. The molecule has 3 aliphatic heterocycles. The normalized spacial score (nSPS) is 26.5. The minimum absolute atomic E-state index is 0.00138. The number of amides is 3. The molecule has 3 saturated heterocycles. The second-order valence-corrected chi connectivity index (χ2v) is 6.85. The van der Waals surface area contributed by atoms with Gasteiger partial charge in [0.15, 0.2) is 0 Å². The molecule has 0 saturated carbocycles. The standard InChI is InChI=1S/C18H21N3O3/c1-12-4-6-13(7-5-12)16(22)19-9-10-21-15(11-19)18(24)20-8-2-3-14(20)17(21)23/h4-7,14-15H,2-3,8-11H2,1H3/t14-,15-/m1/s1. The third-order valence-corrected chi connectivity index (χ3v) is 5.36. The number of nitrogens with zero attached hydrogens (tertiary/aromatic N) is 3. The monoisotopic (exact) mass is 327 g/mol. The van der Waals surface area contributed by atoms with Gasteiger partial charge in [-0.3, -0.25) is 14.4 Å².